The molecule has 4 rings (SSSR count). The molecule has 0 bridgehead atoms. The zero-order chi connectivity index (χ0) is 26.1. The Kier molecular flexibility index (Phi) is 6.97. The molecule has 0 saturated heterocycles. The number of anilines is 1. The van der Waals surface area contributed by atoms with Crippen molar-refractivity contribution in [3.8, 4) is 17.2 Å². The van der Waals surface area contributed by atoms with E-state index >= 15 is 0 Å². The molecule has 1 aliphatic rings. The lowest BCUT2D eigenvalue weighted by atomic mass is 9.83. The lowest BCUT2D eigenvalue weighted by Gasteiger charge is -2.41. The van der Waals surface area contributed by atoms with Crippen molar-refractivity contribution >= 4 is 21.5 Å². The smallest absolute Gasteiger partial charge is 0.264 e. The predicted molar refractivity (Wildman–Crippen MR) is 136 cm³/mol. The number of rotatable bonds is 8. The fraction of sp³-hybridized carbons (Fsp3) is 0.296. The number of hydrogen-bond acceptors (Lipinski definition) is 7. The second-order valence-corrected chi connectivity index (χ2v) is 10.5. The van der Waals surface area contributed by atoms with Crippen LogP contribution in [0.1, 0.15) is 21.5 Å². The van der Waals surface area contributed by atoms with Gasteiger partial charge >= 0.3 is 0 Å². The minimum Gasteiger partial charge on any atom is -0.497 e. The molecule has 0 N–H and O–H groups in total. The third-order valence-electron chi connectivity index (χ3n) is 6.47. The van der Waals surface area contributed by atoms with E-state index in [9.17, 15) is 13.2 Å². The van der Waals surface area contributed by atoms with Gasteiger partial charge in [0.1, 0.15) is 5.75 Å². The second kappa shape index (κ2) is 9.83. The average Bonchev–Trinajstić information content (AvgIpc) is 2.90. The van der Waals surface area contributed by atoms with E-state index in [0.29, 0.717) is 17.2 Å². The van der Waals surface area contributed by atoms with Crippen molar-refractivity contribution in [2.75, 3.05) is 39.3 Å². The lowest BCUT2D eigenvalue weighted by molar-refractivity contribution is 0.00605. The Morgan fingerprint density at radius 2 is 1.56 bits per heavy atom. The number of methoxy groups -OCH3 is 4. The highest BCUT2D eigenvalue weighted by Crippen LogP contribution is 2.41. The first-order valence-electron chi connectivity index (χ1n) is 11.3. The SMILES string of the molecule is COc1ccc2c(c1)N(S(=O)(=O)c1ccc(C)cc1)CC(Cc1ccc(OC)c(OC)c1)(OC)C2=O. The van der Waals surface area contributed by atoms with Gasteiger partial charge in [0.25, 0.3) is 10.0 Å². The summed E-state index contributed by atoms with van der Waals surface area (Å²) in [6.07, 6.45) is 0.119. The van der Waals surface area contributed by atoms with Gasteiger partial charge in [0.05, 0.1) is 38.5 Å². The number of hydrogen-bond donors (Lipinski definition) is 0. The molecule has 0 spiro atoms. The van der Waals surface area contributed by atoms with Gasteiger partial charge in [-0.2, -0.15) is 0 Å². The van der Waals surface area contributed by atoms with E-state index in [1.54, 1.807) is 60.7 Å². The number of carbonyl (C=O) groups is 1. The topological polar surface area (TPSA) is 91.4 Å². The van der Waals surface area contributed by atoms with Crippen LogP contribution in [0.25, 0.3) is 0 Å². The number of nitrogens with zero attached hydrogens (tertiary/aromatic N) is 1. The van der Waals surface area contributed by atoms with Gasteiger partial charge in [-0.05, 0) is 48.9 Å². The van der Waals surface area contributed by atoms with Gasteiger partial charge in [-0.25, -0.2) is 8.42 Å². The van der Waals surface area contributed by atoms with Crippen LogP contribution in [0.2, 0.25) is 0 Å². The van der Waals surface area contributed by atoms with E-state index in [1.807, 2.05) is 6.92 Å². The number of ketones is 1. The molecule has 0 radical (unpaired) electrons. The molecule has 0 aliphatic carbocycles. The summed E-state index contributed by atoms with van der Waals surface area (Å²) in [7, 11) is 1.94. The Hall–Kier alpha value is -3.56. The highest BCUT2D eigenvalue weighted by Gasteiger charge is 2.49. The summed E-state index contributed by atoms with van der Waals surface area (Å²) >= 11 is 0. The van der Waals surface area contributed by atoms with E-state index in [-0.39, 0.29) is 34.9 Å². The largest absolute Gasteiger partial charge is 0.497 e. The van der Waals surface area contributed by atoms with E-state index in [0.717, 1.165) is 11.1 Å². The van der Waals surface area contributed by atoms with Gasteiger partial charge in [-0.15, -0.1) is 0 Å². The molecule has 0 fully saturated rings. The number of aryl methyl sites for hydroxylation is 1. The van der Waals surface area contributed by atoms with Crippen LogP contribution in [-0.2, 0) is 21.2 Å². The van der Waals surface area contributed by atoms with Crippen molar-refractivity contribution in [2.45, 2.75) is 23.8 Å². The molecular formula is C27H29NO7S. The molecule has 1 heterocycles. The molecule has 1 atom stereocenters. The standard InChI is InChI=1S/C27H29NO7S/c1-18-6-10-21(11-7-18)36(30,31)28-17-27(35-5,16-19-8-13-24(33-3)25(14-19)34-4)26(29)22-12-9-20(32-2)15-23(22)28/h6-15H,16-17H2,1-5H3. The van der Waals surface area contributed by atoms with Crippen LogP contribution in [-0.4, -0.2) is 54.8 Å². The number of benzene rings is 3. The number of sulfonamides is 1. The summed E-state index contributed by atoms with van der Waals surface area (Å²) in [4.78, 5) is 14.0. The number of Topliss-reactive ketones (excluding diaryl/α,β-unsaturated/α-hetero) is 1. The average molecular weight is 512 g/mol. The second-order valence-electron chi connectivity index (χ2n) is 8.60. The quantitative estimate of drug-likeness (QED) is 0.451. The van der Waals surface area contributed by atoms with Crippen LogP contribution in [0, 0.1) is 6.92 Å². The Bertz CT molecular complexity index is 1390. The number of fused-ring (bicyclic) bond motifs is 1. The van der Waals surface area contributed by atoms with Crippen LogP contribution in [0.5, 0.6) is 17.2 Å². The maximum atomic E-state index is 13.9. The zero-order valence-electron chi connectivity index (χ0n) is 20.9. The van der Waals surface area contributed by atoms with Crippen LogP contribution < -0.4 is 18.5 Å². The van der Waals surface area contributed by atoms with Gasteiger partial charge in [0, 0.05) is 25.2 Å². The normalized spacial score (nSPS) is 17.5. The molecule has 0 saturated carbocycles. The van der Waals surface area contributed by atoms with E-state index in [2.05, 4.69) is 0 Å². The van der Waals surface area contributed by atoms with Crippen LogP contribution in [0.4, 0.5) is 5.69 Å². The van der Waals surface area contributed by atoms with Crippen molar-refractivity contribution in [2.24, 2.45) is 0 Å². The molecule has 3 aromatic carbocycles. The van der Waals surface area contributed by atoms with Crippen molar-refractivity contribution in [3.05, 3.63) is 77.4 Å². The first kappa shape index (κ1) is 25.5. The molecule has 190 valence electrons. The summed E-state index contributed by atoms with van der Waals surface area (Å²) in [5.74, 6) is 1.17. The van der Waals surface area contributed by atoms with E-state index in [1.165, 1.54) is 32.7 Å². The maximum absolute atomic E-state index is 13.9. The Labute approximate surface area is 211 Å². The summed E-state index contributed by atoms with van der Waals surface area (Å²) in [5, 5.41) is 0. The first-order valence-corrected chi connectivity index (χ1v) is 12.7. The number of ether oxygens (including phenoxy) is 4. The molecular weight excluding hydrogens is 482 g/mol. The molecule has 8 nitrogen and oxygen atoms in total. The molecule has 3 aromatic rings. The molecule has 36 heavy (non-hydrogen) atoms. The van der Waals surface area contributed by atoms with Crippen molar-refractivity contribution in [1.82, 2.24) is 0 Å². The summed E-state index contributed by atoms with van der Waals surface area (Å²) < 4.78 is 50.9. The Morgan fingerprint density at radius 3 is 2.17 bits per heavy atom. The predicted octanol–water partition coefficient (Wildman–Crippen LogP) is 4.04. The third kappa shape index (κ3) is 4.40. The summed E-state index contributed by atoms with van der Waals surface area (Å²) in [6.45, 7) is 1.67. The van der Waals surface area contributed by atoms with Crippen LogP contribution >= 0.6 is 0 Å². The van der Waals surface area contributed by atoms with Crippen molar-refractivity contribution in [1.29, 1.82) is 0 Å². The van der Waals surface area contributed by atoms with Gasteiger partial charge in [0.2, 0.25) is 0 Å². The fourth-order valence-electron chi connectivity index (χ4n) is 4.41. The molecule has 0 amide bonds. The van der Waals surface area contributed by atoms with E-state index < -0.39 is 15.6 Å². The number of carbonyl (C=O) groups excluding carboxylic acids is 1. The van der Waals surface area contributed by atoms with Crippen molar-refractivity contribution < 1.29 is 32.2 Å². The minimum absolute atomic E-state index is 0.118. The highest BCUT2D eigenvalue weighted by molar-refractivity contribution is 7.92. The highest BCUT2D eigenvalue weighted by atomic mass is 32.2. The molecule has 1 unspecified atom stereocenters. The van der Waals surface area contributed by atoms with Gasteiger partial charge in [-0.3, -0.25) is 9.10 Å². The maximum Gasteiger partial charge on any atom is 0.264 e. The van der Waals surface area contributed by atoms with Crippen LogP contribution in [0.3, 0.4) is 0 Å². The molecule has 9 heteroatoms. The van der Waals surface area contributed by atoms with Gasteiger partial charge in [-0.1, -0.05) is 23.8 Å². The first-order chi connectivity index (χ1) is 17.2. The summed E-state index contributed by atoms with van der Waals surface area (Å²) in [5.41, 5.74) is 0.677. The lowest BCUT2D eigenvalue weighted by Crippen LogP contribution is -2.57. The van der Waals surface area contributed by atoms with E-state index in [4.69, 9.17) is 18.9 Å². The summed E-state index contributed by atoms with van der Waals surface area (Å²) in [6, 6.07) is 16.7. The molecule has 0 aromatic heterocycles. The fourth-order valence-corrected chi connectivity index (χ4v) is 5.93. The molecule has 1 aliphatic heterocycles. The zero-order valence-corrected chi connectivity index (χ0v) is 21.7. The van der Waals surface area contributed by atoms with Crippen LogP contribution in [0.15, 0.2) is 65.6 Å². The van der Waals surface area contributed by atoms with Crippen molar-refractivity contribution in [3.63, 3.8) is 0 Å². The van der Waals surface area contributed by atoms with Gasteiger partial charge in [0.15, 0.2) is 22.9 Å². The third-order valence-corrected chi connectivity index (χ3v) is 8.24. The Morgan fingerprint density at radius 1 is 0.861 bits per heavy atom. The Balaban J connectivity index is 1.86. The van der Waals surface area contributed by atoms with Gasteiger partial charge < -0.3 is 18.9 Å². The minimum atomic E-state index is -4.04. The monoisotopic (exact) mass is 511 g/mol.